The number of aromatic amines is 2. The number of imidazole rings is 2. The third-order valence-electron chi connectivity index (χ3n) is 8.38. The Labute approximate surface area is 418 Å². The molecule has 0 amide bonds. The molecule has 0 atom stereocenters. The van der Waals surface area contributed by atoms with E-state index in [1.54, 1.807) is 21.8 Å². The van der Waals surface area contributed by atoms with Crippen molar-refractivity contribution in [2.75, 3.05) is 25.7 Å². The van der Waals surface area contributed by atoms with E-state index in [4.69, 9.17) is 59.0 Å². The molecule has 7 aromatic rings. The Hall–Kier alpha value is -6.01. The summed E-state index contributed by atoms with van der Waals surface area (Å²) in [5.41, 5.74) is 22.8. The molecule has 7 rings (SSSR count). The van der Waals surface area contributed by atoms with Crippen molar-refractivity contribution in [3.63, 3.8) is 0 Å². The van der Waals surface area contributed by atoms with Gasteiger partial charge in [0.25, 0.3) is 11.1 Å². The van der Waals surface area contributed by atoms with E-state index in [-0.39, 0.29) is 48.0 Å². The molecule has 384 valence electrons. The van der Waals surface area contributed by atoms with E-state index in [9.17, 15) is 9.59 Å². The van der Waals surface area contributed by atoms with Gasteiger partial charge in [0.2, 0.25) is 11.9 Å². The number of pyridine rings is 1. The molecule has 11 N–H and O–H groups in total. The summed E-state index contributed by atoms with van der Waals surface area (Å²) in [6.45, 7) is 17.9. The van der Waals surface area contributed by atoms with Crippen molar-refractivity contribution in [3.05, 3.63) is 121 Å². The number of anilines is 2. The first-order chi connectivity index (χ1) is 31.8. The Morgan fingerprint density at radius 1 is 0.600 bits per heavy atom. The minimum absolute atomic E-state index is 0. The van der Waals surface area contributed by atoms with Gasteiger partial charge in [-0.05, 0) is 89.8 Å². The summed E-state index contributed by atoms with van der Waals surface area (Å²) >= 11 is 0. The molecular formula is C41H56Cl2N13O13Ru+. The number of nitrogen functional groups attached to an aromatic ring is 2. The molecule has 0 saturated heterocycles. The summed E-state index contributed by atoms with van der Waals surface area (Å²) in [7, 11) is -7.89. The molecule has 0 aliphatic carbocycles. The van der Waals surface area contributed by atoms with E-state index in [0.29, 0.717) is 35.4 Å². The van der Waals surface area contributed by atoms with Crippen molar-refractivity contribution < 1.29 is 92.9 Å². The van der Waals surface area contributed by atoms with E-state index in [1.807, 2.05) is 44.5 Å². The van der Waals surface area contributed by atoms with E-state index >= 15 is 0 Å². The van der Waals surface area contributed by atoms with Gasteiger partial charge in [-0.2, -0.15) is 9.97 Å². The number of aromatic nitrogens is 9. The Bertz CT molecular complexity index is 2630. The second kappa shape index (κ2) is 31.3. The number of fused-ring (bicyclic) bond motifs is 2. The van der Waals surface area contributed by atoms with Gasteiger partial charge in [-0.3, -0.25) is 29.5 Å². The Morgan fingerprint density at radius 3 is 1.16 bits per heavy atom. The average molecular weight is 1110 g/mol. The van der Waals surface area contributed by atoms with Gasteiger partial charge >= 0.3 is 19.5 Å². The molecule has 70 heavy (non-hydrogen) atoms. The van der Waals surface area contributed by atoms with Crippen molar-refractivity contribution in [1.82, 2.24) is 44.0 Å². The number of nitrogens with one attached hydrogen (secondary N) is 2. The summed E-state index contributed by atoms with van der Waals surface area (Å²) in [4.78, 5) is 57.2. The predicted octanol–water partition coefficient (Wildman–Crippen LogP) is -5.34. The van der Waals surface area contributed by atoms with Crippen LogP contribution >= 0.6 is 0 Å². The van der Waals surface area contributed by atoms with Gasteiger partial charge in [0, 0.05) is 27.3 Å². The van der Waals surface area contributed by atoms with E-state index in [2.05, 4.69) is 111 Å². The minimum Gasteiger partial charge on any atom is -0.457 e. The number of aliphatic hydroxyl groups excluding tert-OH is 2. The molecule has 0 bridgehead atoms. The molecule has 0 saturated carbocycles. The number of rotatable bonds is 6. The van der Waals surface area contributed by atoms with Crippen molar-refractivity contribution in [1.29, 1.82) is 0 Å². The summed E-state index contributed by atoms with van der Waals surface area (Å²) in [6.07, 6.45) is 6.80. The largest absolute Gasteiger partial charge is 2.00 e. The third-order valence-corrected chi connectivity index (χ3v) is 8.38. The van der Waals surface area contributed by atoms with Gasteiger partial charge in [0.15, 0.2) is 22.3 Å². The number of aryl methyl sites for hydroxylation is 8. The van der Waals surface area contributed by atoms with Crippen LogP contribution in [0.5, 0.6) is 0 Å². The molecule has 29 heteroatoms. The maximum atomic E-state index is 11.3. The van der Waals surface area contributed by atoms with Crippen molar-refractivity contribution in [3.8, 4) is 0 Å². The number of hydrogen-bond acceptors (Lipinski definition) is 21. The van der Waals surface area contributed by atoms with Crippen LogP contribution < -0.4 is 59.9 Å². The zero-order valence-corrected chi connectivity index (χ0v) is 42.9. The molecule has 0 aliphatic rings. The van der Waals surface area contributed by atoms with E-state index in [0.717, 1.165) is 37.0 Å². The Balaban J connectivity index is 0. The number of benzene rings is 2. The van der Waals surface area contributed by atoms with Crippen LogP contribution in [-0.2, 0) is 38.0 Å². The first-order valence-corrected chi connectivity index (χ1v) is 22.0. The first kappa shape index (κ1) is 66.1. The topological polar surface area (TPSA) is 475 Å². The summed E-state index contributed by atoms with van der Waals surface area (Å²) in [5.74, 6) is 0.236. The van der Waals surface area contributed by atoms with Gasteiger partial charge < -0.3 is 36.3 Å². The number of H-pyrrole nitrogens is 2. The smallest absolute Gasteiger partial charge is 0.457 e. The first-order valence-electron chi connectivity index (χ1n) is 19.5. The molecule has 26 nitrogen and oxygen atoms in total. The van der Waals surface area contributed by atoms with Crippen LogP contribution in [0.15, 0.2) is 74.7 Å². The zero-order valence-electron chi connectivity index (χ0n) is 39.6. The number of hydrogen-bond donors (Lipinski definition) is 6. The Kier molecular flexibility index (Phi) is 29.5. The molecular weight excluding hydrogens is 1050 g/mol. The van der Waals surface area contributed by atoms with Crippen LogP contribution in [0.25, 0.3) is 22.3 Å². The quantitative estimate of drug-likeness (QED) is 0.0514. The number of nitrogens with two attached hydrogens (primary N) is 2. The zero-order chi connectivity index (χ0) is 52.1. The number of aliphatic hydroxyl groups is 2. The molecule has 0 unspecified atom stereocenters. The molecule has 0 radical (unpaired) electrons. The summed E-state index contributed by atoms with van der Waals surface area (Å²) in [6, 6.07) is 14.5. The molecule has 0 aliphatic heterocycles. The minimum atomic E-state index is -4.94. The van der Waals surface area contributed by atoms with Gasteiger partial charge in [-0.1, -0.05) is 41.5 Å². The second-order valence-corrected chi connectivity index (χ2v) is 15.1. The average Bonchev–Trinajstić information content (AvgIpc) is 3.85. The van der Waals surface area contributed by atoms with Crippen LogP contribution in [0.2, 0.25) is 0 Å². The summed E-state index contributed by atoms with van der Waals surface area (Å²) in [5, 5.41) is 14.0. The molecule has 5 heterocycles. The van der Waals surface area contributed by atoms with Gasteiger partial charge in [0.05, 0.1) is 47.8 Å². The van der Waals surface area contributed by atoms with Crippen molar-refractivity contribution >= 4 is 58.0 Å². The van der Waals surface area contributed by atoms with E-state index in [1.165, 1.54) is 33.4 Å². The number of aliphatic imine (C=N–C) groups is 2. The fraction of sp³-hybridized carbons (Fsp3) is 0.293. The second-order valence-electron chi connectivity index (χ2n) is 13.6. The SMILES string of the molecule is CCn1cnc2c(=O)[nH]c(N)nc21.CCn1cnc2c(=O)[nH]c(N)nc21.CO.CO.Cc1cc(C)c(N=Cc2cccc(C=Nc3c(C)cc(C)cc3C)n2)c(C)c1.[O-][Cl+3]([O-])([O-])[O-].[O-][Cl+3]([O-])([O-])[O-].[OH3+].[Ru+2]. The van der Waals surface area contributed by atoms with E-state index < -0.39 is 20.5 Å². The standard InChI is InChI=1S/C25H27N3.2C7H9N5O.2CH4O.2ClHO4.H2O.Ru/c1-16-10-18(3)24(19(4)11-16)26-14-22-8-7-9-23(28-22)15-27-25-20(5)12-17(2)13-21(25)6;2*1-2-12-3-9-4-5(12)10-7(8)11-6(4)13;2*1-2;2*2-1(3,4)5;;/h7-15H,1-6H3;2*3H,2H2,1H3,(H3,8,10,11,13);2*2H,1H3;2*(H,2,3,4,5);1H2;/q;;;;;;;;+2/p-1. The monoisotopic (exact) mass is 1110 g/mol. The fourth-order valence-electron chi connectivity index (χ4n) is 6.03. The Morgan fingerprint density at radius 2 is 0.886 bits per heavy atom. The van der Waals surface area contributed by atoms with Crippen LogP contribution in [0.4, 0.5) is 23.3 Å². The third kappa shape index (κ3) is 23.1. The maximum absolute atomic E-state index is 11.3. The van der Waals surface area contributed by atoms with Gasteiger partial charge in [-0.25, -0.2) is 52.2 Å². The number of halogens is 2. The predicted molar refractivity (Wildman–Crippen MR) is 238 cm³/mol. The van der Waals surface area contributed by atoms with Gasteiger partial charge in [-0.15, -0.1) is 20.5 Å². The van der Waals surface area contributed by atoms with Gasteiger partial charge in [0.1, 0.15) is 0 Å². The number of nitrogens with zero attached hydrogens (tertiary/aromatic N) is 9. The summed E-state index contributed by atoms with van der Waals surface area (Å²) < 4.78 is 71.5. The fourth-order valence-corrected chi connectivity index (χ4v) is 6.03. The molecule has 0 fully saturated rings. The molecule has 0 spiro atoms. The van der Waals surface area contributed by atoms with Crippen LogP contribution in [-0.4, -0.2) is 80.9 Å². The molecule has 2 aromatic carbocycles. The van der Waals surface area contributed by atoms with Crippen molar-refractivity contribution in [2.45, 2.75) is 68.5 Å². The van der Waals surface area contributed by atoms with Crippen LogP contribution in [0.3, 0.4) is 0 Å². The maximum Gasteiger partial charge on any atom is 2.00 e. The van der Waals surface area contributed by atoms with Crippen molar-refractivity contribution in [2.24, 2.45) is 9.98 Å². The van der Waals surface area contributed by atoms with Crippen LogP contribution in [0.1, 0.15) is 58.6 Å². The normalized spacial score (nSPS) is 10.6. The van der Waals surface area contributed by atoms with Crippen LogP contribution in [0, 0.1) is 62.0 Å². The molecule has 5 aromatic heterocycles.